The molecule has 6 heteroatoms. The van der Waals surface area contributed by atoms with Crippen molar-refractivity contribution < 1.29 is 5.11 Å². The van der Waals surface area contributed by atoms with Crippen LogP contribution in [-0.4, -0.2) is 39.2 Å². The van der Waals surface area contributed by atoms with Crippen LogP contribution in [0.3, 0.4) is 0 Å². The number of aromatic nitrogens is 2. The van der Waals surface area contributed by atoms with Crippen molar-refractivity contribution in [2.75, 3.05) is 19.6 Å². The molecule has 6 nitrogen and oxygen atoms in total. The Morgan fingerprint density at radius 3 is 2.83 bits per heavy atom. The van der Waals surface area contributed by atoms with Gasteiger partial charge in [-0.2, -0.15) is 0 Å². The summed E-state index contributed by atoms with van der Waals surface area (Å²) < 4.78 is 1.26. The largest absolute Gasteiger partial charge is 0.508 e. The van der Waals surface area contributed by atoms with Crippen molar-refractivity contribution >= 4 is 0 Å². The lowest BCUT2D eigenvalue weighted by molar-refractivity contribution is 0.305. The summed E-state index contributed by atoms with van der Waals surface area (Å²) in [6.07, 6.45) is 2.03. The van der Waals surface area contributed by atoms with Gasteiger partial charge in [0.1, 0.15) is 5.75 Å². The summed E-state index contributed by atoms with van der Waals surface area (Å²) in [5.41, 5.74) is 1.16. The van der Waals surface area contributed by atoms with Crippen LogP contribution < -0.4 is 11.2 Å². The summed E-state index contributed by atoms with van der Waals surface area (Å²) in [6, 6.07) is 8.85. The first-order valence-corrected chi connectivity index (χ1v) is 8.32. The van der Waals surface area contributed by atoms with E-state index in [0.717, 1.165) is 31.5 Å². The molecule has 128 valence electrons. The van der Waals surface area contributed by atoms with Gasteiger partial charge in [-0.3, -0.25) is 9.36 Å². The summed E-state index contributed by atoms with van der Waals surface area (Å²) >= 11 is 0. The molecule has 0 spiro atoms. The minimum atomic E-state index is -0.337. The highest BCUT2D eigenvalue weighted by atomic mass is 16.3. The molecular formula is C18H23N3O3. The quantitative estimate of drug-likeness (QED) is 0.861. The molecule has 3 rings (SSSR count). The fraction of sp³-hybridized carbons (Fsp3) is 0.444. The number of aromatic hydroxyl groups is 1. The van der Waals surface area contributed by atoms with Crippen LogP contribution in [-0.2, 0) is 13.0 Å². The molecular weight excluding hydrogens is 306 g/mol. The summed E-state index contributed by atoms with van der Waals surface area (Å²) in [7, 11) is 0. The molecule has 24 heavy (non-hydrogen) atoms. The van der Waals surface area contributed by atoms with Crippen LogP contribution in [0.25, 0.3) is 0 Å². The van der Waals surface area contributed by atoms with Crippen LogP contribution in [0.15, 0.2) is 39.9 Å². The zero-order valence-electron chi connectivity index (χ0n) is 13.9. The number of phenols is 1. The Labute approximate surface area is 140 Å². The third-order valence-corrected chi connectivity index (χ3v) is 4.60. The van der Waals surface area contributed by atoms with E-state index < -0.39 is 0 Å². The number of nitrogens with one attached hydrogen (secondary N) is 1. The van der Waals surface area contributed by atoms with Crippen molar-refractivity contribution in [2.24, 2.45) is 5.92 Å². The summed E-state index contributed by atoms with van der Waals surface area (Å²) in [6.45, 7) is 4.74. The van der Waals surface area contributed by atoms with Crippen LogP contribution in [0, 0.1) is 12.8 Å². The molecule has 1 aliphatic rings. The summed E-state index contributed by atoms with van der Waals surface area (Å²) in [4.78, 5) is 28.7. The Balaban J connectivity index is 1.55. The summed E-state index contributed by atoms with van der Waals surface area (Å²) in [5.74, 6) is 0.847. The zero-order valence-corrected chi connectivity index (χ0v) is 13.9. The van der Waals surface area contributed by atoms with E-state index in [0.29, 0.717) is 30.5 Å². The maximum Gasteiger partial charge on any atom is 0.328 e. The Hall–Kier alpha value is -2.34. The first kappa shape index (κ1) is 16.5. The van der Waals surface area contributed by atoms with Crippen molar-refractivity contribution in [1.29, 1.82) is 0 Å². The second-order valence-electron chi connectivity index (χ2n) is 6.58. The molecule has 2 heterocycles. The highest BCUT2D eigenvalue weighted by Gasteiger charge is 2.22. The van der Waals surface area contributed by atoms with Crippen LogP contribution in [0.2, 0.25) is 0 Å². The number of H-pyrrole nitrogens is 1. The number of aryl methyl sites for hydroxylation is 1. The number of aromatic amines is 1. The van der Waals surface area contributed by atoms with E-state index in [1.807, 2.05) is 18.2 Å². The molecule has 1 unspecified atom stereocenters. The smallest absolute Gasteiger partial charge is 0.328 e. The first-order chi connectivity index (χ1) is 11.5. The lowest BCUT2D eigenvalue weighted by atomic mass is 9.99. The molecule has 0 saturated carbocycles. The van der Waals surface area contributed by atoms with E-state index in [2.05, 4.69) is 9.88 Å². The van der Waals surface area contributed by atoms with Gasteiger partial charge in [-0.25, -0.2) is 4.79 Å². The van der Waals surface area contributed by atoms with Gasteiger partial charge in [0, 0.05) is 31.4 Å². The van der Waals surface area contributed by atoms with Crippen molar-refractivity contribution in [1.82, 2.24) is 14.5 Å². The van der Waals surface area contributed by atoms with Crippen molar-refractivity contribution in [3.05, 3.63) is 62.4 Å². The minimum absolute atomic E-state index is 0.244. The molecule has 0 aliphatic carbocycles. The molecule has 1 saturated heterocycles. The number of hydrogen-bond acceptors (Lipinski definition) is 4. The minimum Gasteiger partial charge on any atom is -0.508 e. The number of likely N-dealkylation sites (tertiary alicyclic amines) is 1. The number of benzene rings is 1. The Morgan fingerprint density at radius 2 is 2.08 bits per heavy atom. The van der Waals surface area contributed by atoms with Gasteiger partial charge < -0.3 is 15.0 Å². The van der Waals surface area contributed by atoms with Crippen LogP contribution in [0.5, 0.6) is 5.75 Å². The number of phenolic OH excluding ortho intramolecular Hbond substituents is 1. The maximum absolute atomic E-state index is 11.9. The number of hydrogen-bond donors (Lipinski definition) is 2. The Morgan fingerprint density at radius 1 is 1.25 bits per heavy atom. The SMILES string of the molecule is Cc1cc(=O)n(CCN2CCC(Cc3cccc(O)c3)C2)c(=O)[nH]1. The second kappa shape index (κ2) is 7.05. The van der Waals surface area contributed by atoms with Crippen molar-refractivity contribution in [3.63, 3.8) is 0 Å². The lowest BCUT2D eigenvalue weighted by Gasteiger charge is -2.16. The lowest BCUT2D eigenvalue weighted by Crippen LogP contribution is -2.38. The Bertz CT molecular complexity index is 793. The summed E-state index contributed by atoms with van der Waals surface area (Å²) in [5, 5.41) is 9.55. The number of rotatable bonds is 5. The topological polar surface area (TPSA) is 78.3 Å². The van der Waals surface area contributed by atoms with Crippen LogP contribution in [0.1, 0.15) is 17.7 Å². The average molecular weight is 329 g/mol. The van der Waals surface area contributed by atoms with Gasteiger partial charge in [-0.05, 0) is 49.9 Å². The average Bonchev–Trinajstić information content (AvgIpc) is 2.93. The normalized spacial score (nSPS) is 18.1. The highest BCUT2D eigenvalue weighted by Crippen LogP contribution is 2.22. The fourth-order valence-corrected chi connectivity index (χ4v) is 3.39. The molecule has 1 aromatic heterocycles. The van der Waals surface area contributed by atoms with E-state index in [4.69, 9.17) is 0 Å². The number of nitrogens with zero attached hydrogens (tertiary/aromatic N) is 2. The molecule has 2 N–H and O–H groups in total. The molecule has 0 radical (unpaired) electrons. The van der Waals surface area contributed by atoms with E-state index in [-0.39, 0.29) is 11.2 Å². The van der Waals surface area contributed by atoms with Gasteiger partial charge in [-0.1, -0.05) is 12.1 Å². The second-order valence-corrected chi connectivity index (χ2v) is 6.58. The fourth-order valence-electron chi connectivity index (χ4n) is 3.39. The van der Waals surface area contributed by atoms with E-state index in [9.17, 15) is 14.7 Å². The zero-order chi connectivity index (χ0) is 17.1. The standard InChI is InChI=1S/C18H23N3O3/c1-13-9-17(23)21(18(24)19-13)8-7-20-6-5-15(12-20)10-14-3-2-4-16(22)11-14/h2-4,9,11,15,22H,5-8,10,12H2,1H3,(H,19,24). The van der Waals surface area contributed by atoms with Crippen molar-refractivity contribution in [2.45, 2.75) is 26.3 Å². The van der Waals surface area contributed by atoms with Crippen LogP contribution in [0.4, 0.5) is 0 Å². The molecule has 0 bridgehead atoms. The van der Waals surface area contributed by atoms with Crippen molar-refractivity contribution in [3.8, 4) is 5.75 Å². The molecule has 2 aromatic rings. The van der Waals surface area contributed by atoms with Gasteiger partial charge in [0.2, 0.25) is 0 Å². The van der Waals surface area contributed by atoms with Gasteiger partial charge >= 0.3 is 5.69 Å². The van der Waals surface area contributed by atoms with E-state index in [1.165, 1.54) is 10.6 Å². The first-order valence-electron chi connectivity index (χ1n) is 8.32. The molecule has 1 atom stereocenters. The molecule has 1 fully saturated rings. The van der Waals surface area contributed by atoms with Gasteiger partial charge in [0.15, 0.2) is 0 Å². The van der Waals surface area contributed by atoms with Gasteiger partial charge in [0.25, 0.3) is 5.56 Å². The molecule has 0 amide bonds. The Kier molecular flexibility index (Phi) is 4.85. The maximum atomic E-state index is 11.9. The third-order valence-electron chi connectivity index (χ3n) is 4.60. The van der Waals surface area contributed by atoms with Crippen LogP contribution >= 0.6 is 0 Å². The predicted molar refractivity (Wildman–Crippen MR) is 92.4 cm³/mol. The van der Waals surface area contributed by atoms with Gasteiger partial charge in [-0.15, -0.1) is 0 Å². The monoisotopic (exact) mass is 329 g/mol. The third kappa shape index (κ3) is 3.94. The molecule has 1 aliphatic heterocycles. The van der Waals surface area contributed by atoms with E-state index in [1.54, 1.807) is 13.0 Å². The highest BCUT2D eigenvalue weighted by molar-refractivity contribution is 5.27. The molecule has 1 aromatic carbocycles. The predicted octanol–water partition coefficient (Wildman–Crippen LogP) is 1.12. The van der Waals surface area contributed by atoms with Gasteiger partial charge in [0.05, 0.1) is 0 Å². The van der Waals surface area contributed by atoms with E-state index >= 15 is 0 Å².